The maximum atomic E-state index is 11.1. The minimum Gasteiger partial charge on any atom is -0.464 e. The van der Waals surface area contributed by atoms with E-state index in [2.05, 4.69) is 25.7 Å². The second kappa shape index (κ2) is 7.44. The number of alkyl halides is 1. The van der Waals surface area contributed by atoms with Gasteiger partial charge < -0.3 is 9.30 Å². The number of carbonyl (C=O) groups is 1. The Morgan fingerprint density at radius 2 is 2.19 bits per heavy atom. The van der Waals surface area contributed by atoms with E-state index >= 15 is 0 Å². The van der Waals surface area contributed by atoms with Gasteiger partial charge in [-0.3, -0.25) is 0 Å². The molecule has 0 unspecified atom stereocenters. The summed E-state index contributed by atoms with van der Waals surface area (Å²) >= 11 is 3.41. The molecule has 0 aliphatic rings. The molecule has 5 heteroatoms. The molecule has 0 aromatic carbocycles. The number of aromatic nitrogens is 2. The van der Waals surface area contributed by atoms with E-state index in [1.807, 2.05) is 4.57 Å². The van der Waals surface area contributed by atoms with E-state index in [0.29, 0.717) is 5.69 Å². The zero-order valence-electron chi connectivity index (χ0n) is 9.49. The maximum Gasteiger partial charge on any atom is 0.358 e. The highest BCUT2D eigenvalue weighted by atomic mass is 79.9. The summed E-state index contributed by atoms with van der Waals surface area (Å²) < 4.78 is 6.52. The van der Waals surface area contributed by atoms with Gasteiger partial charge in [0, 0.05) is 18.1 Å². The Bertz CT molecular complexity index is 326. The van der Waals surface area contributed by atoms with Crippen LogP contribution in [0.4, 0.5) is 0 Å². The molecule has 90 valence electrons. The molecule has 1 aromatic heterocycles. The van der Waals surface area contributed by atoms with E-state index in [1.165, 1.54) is 26.4 Å². The Labute approximate surface area is 104 Å². The minimum absolute atomic E-state index is 0.377. The summed E-state index contributed by atoms with van der Waals surface area (Å²) in [6, 6.07) is 0. The lowest BCUT2D eigenvalue weighted by atomic mass is 10.2. The van der Waals surface area contributed by atoms with E-state index in [-0.39, 0.29) is 5.97 Å². The lowest BCUT2D eigenvalue weighted by molar-refractivity contribution is 0.0594. The SMILES string of the molecule is COC(=O)c1cn(CCCCCCBr)cn1. The van der Waals surface area contributed by atoms with Crippen LogP contribution >= 0.6 is 15.9 Å². The van der Waals surface area contributed by atoms with Crippen LogP contribution in [-0.2, 0) is 11.3 Å². The van der Waals surface area contributed by atoms with Crippen molar-refractivity contribution < 1.29 is 9.53 Å². The first-order valence-electron chi connectivity index (χ1n) is 5.44. The van der Waals surface area contributed by atoms with Crippen molar-refractivity contribution in [1.29, 1.82) is 0 Å². The average molecular weight is 289 g/mol. The predicted octanol–water partition coefficient (Wildman–Crippen LogP) is 2.63. The number of hydrogen-bond acceptors (Lipinski definition) is 3. The Hall–Kier alpha value is -0.840. The molecule has 4 nitrogen and oxygen atoms in total. The molecule has 1 rings (SSSR count). The van der Waals surface area contributed by atoms with E-state index in [9.17, 15) is 4.79 Å². The monoisotopic (exact) mass is 288 g/mol. The van der Waals surface area contributed by atoms with Gasteiger partial charge in [0.1, 0.15) is 0 Å². The van der Waals surface area contributed by atoms with Gasteiger partial charge in [-0.25, -0.2) is 9.78 Å². The highest BCUT2D eigenvalue weighted by Gasteiger charge is 2.08. The Morgan fingerprint density at radius 3 is 2.88 bits per heavy atom. The average Bonchev–Trinajstić information content (AvgIpc) is 2.76. The summed E-state index contributed by atoms with van der Waals surface area (Å²) in [4.78, 5) is 15.1. The molecule has 0 saturated heterocycles. The number of carbonyl (C=O) groups excluding carboxylic acids is 1. The van der Waals surface area contributed by atoms with Gasteiger partial charge in [0.2, 0.25) is 0 Å². The number of esters is 1. The fourth-order valence-corrected chi connectivity index (χ4v) is 1.83. The maximum absolute atomic E-state index is 11.1. The van der Waals surface area contributed by atoms with Crippen LogP contribution in [0.3, 0.4) is 0 Å². The van der Waals surface area contributed by atoms with Crippen molar-refractivity contribution in [1.82, 2.24) is 9.55 Å². The van der Waals surface area contributed by atoms with Crippen molar-refractivity contribution in [2.45, 2.75) is 32.2 Å². The van der Waals surface area contributed by atoms with Crippen molar-refractivity contribution >= 4 is 21.9 Å². The second-order valence-corrected chi connectivity index (χ2v) is 4.38. The van der Waals surface area contributed by atoms with Crippen molar-refractivity contribution in [3.05, 3.63) is 18.2 Å². The molecule has 0 aliphatic carbocycles. The summed E-state index contributed by atoms with van der Waals surface area (Å²) in [5, 5.41) is 1.07. The summed E-state index contributed by atoms with van der Waals surface area (Å²) in [5.74, 6) is -0.377. The topological polar surface area (TPSA) is 44.1 Å². The van der Waals surface area contributed by atoms with Gasteiger partial charge in [0.15, 0.2) is 5.69 Å². The number of rotatable bonds is 7. The summed E-state index contributed by atoms with van der Waals surface area (Å²) in [6.45, 7) is 0.909. The molecule has 0 spiro atoms. The summed E-state index contributed by atoms with van der Waals surface area (Å²) in [7, 11) is 1.36. The van der Waals surface area contributed by atoms with Crippen molar-refractivity contribution in [3.63, 3.8) is 0 Å². The molecule has 1 aromatic rings. The van der Waals surface area contributed by atoms with Gasteiger partial charge >= 0.3 is 5.97 Å². The largest absolute Gasteiger partial charge is 0.464 e. The smallest absolute Gasteiger partial charge is 0.358 e. The fourth-order valence-electron chi connectivity index (χ4n) is 1.43. The van der Waals surface area contributed by atoms with Gasteiger partial charge in [0.25, 0.3) is 0 Å². The lowest BCUT2D eigenvalue weighted by Crippen LogP contribution is -2.01. The number of halogens is 1. The summed E-state index contributed by atoms with van der Waals surface area (Å²) in [5.41, 5.74) is 0.378. The molecule has 0 amide bonds. The first kappa shape index (κ1) is 13.2. The van der Waals surface area contributed by atoms with Gasteiger partial charge in [-0.05, 0) is 12.8 Å². The van der Waals surface area contributed by atoms with Crippen molar-refractivity contribution in [3.8, 4) is 0 Å². The van der Waals surface area contributed by atoms with Crippen LogP contribution in [0.2, 0.25) is 0 Å². The van der Waals surface area contributed by atoms with Gasteiger partial charge in [-0.15, -0.1) is 0 Å². The van der Waals surface area contributed by atoms with Crippen LogP contribution < -0.4 is 0 Å². The van der Waals surface area contributed by atoms with Crippen LogP contribution in [0, 0.1) is 0 Å². The van der Waals surface area contributed by atoms with Gasteiger partial charge in [0.05, 0.1) is 13.4 Å². The van der Waals surface area contributed by atoms with Gasteiger partial charge in [-0.1, -0.05) is 28.8 Å². The zero-order valence-corrected chi connectivity index (χ0v) is 11.1. The third-order valence-corrected chi connectivity index (χ3v) is 2.89. The number of imidazole rings is 1. The first-order valence-corrected chi connectivity index (χ1v) is 6.56. The second-order valence-electron chi connectivity index (χ2n) is 3.59. The Balaban J connectivity index is 2.27. The molecule has 1 heterocycles. The molecule has 0 saturated carbocycles. The minimum atomic E-state index is -0.377. The number of ether oxygens (including phenoxy) is 1. The number of nitrogens with zero attached hydrogens (tertiary/aromatic N) is 2. The highest BCUT2D eigenvalue weighted by Crippen LogP contribution is 2.05. The quantitative estimate of drug-likeness (QED) is 0.440. The van der Waals surface area contributed by atoms with Crippen LogP contribution in [0.5, 0.6) is 0 Å². The molecule has 0 bridgehead atoms. The Kier molecular flexibility index (Phi) is 6.15. The number of aryl methyl sites for hydroxylation is 1. The molecule has 0 aliphatic heterocycles. The molecule has 0 atom stereocenters. The number of unbranched alkanes of at least 4 members (excludes halogenated alkanes) is 3. The molecular weight excluding hydrogens is 272 g/mol. The van der Waals surface area contributed by atoms with E-state index < -0.39 is 0 Å². The molecule has 0 radical (unpaired) electrons. The van der Waals surface area contributed by atoms with E-state index in [1.54, 1.807) is 12.5 Å². The molecule has 16 heavy (non-hydrogen) atoms. The summed E-state index contributed by atoms with van der Waals surface area (Å²) in [6.07, 6.45) is 8.19. The number of methoxy groups -OCH3 is 1. The molecule has 0 N–H and O–H groups in total. The van der Waals surface area contributed by atoms with E-state index in [0.717, 1.165) is 18.3 Å². The van der Waals surface area contributed by atoms with Crippen LogP contribution in [-0.4, -0.2) is 28.0 Å². The lowest BCUT2D eigenvalue weighted by Gasteiger charge is -2.01. The van der Waals surface area contributed by atoms with Crippen molar-refractivity contribution in [2.75, 3.05) is 12.4 Å². The Morgan fingerprint density at radius 1 is 1.44 bits per heavy atom. The third-order valence-electron chi connectivity index (χ3n) is 2.33. The fraction of sp³-hybridized carbons (Fsp3) is 0.636. The van der Waals surface area contributed by atoms with Crippen molar-refractivity contribution in [2.24, 2.45) is 0 Å². The zero-order chi connectivity index (χ0) is 11.8. The number of hydrogen-bond donors (Lipinski definition) is 0. The predicted molar refractivity (Wildman–Crippen MR) is 65.8 cm³/mol. The normalized spacial score (nSPS) is 10.4. The van der Waals surface area contributed by atoms with Crippen LogP contribution in [0.1, 0.15) is 36.2 Å². The van der Waals surface area contributed by atoms with Crippen LogP contribution in [0.15, 0.2) is 12.5 Å². The van der Waals surface area contributed by atoms with Gasteiger partial charge in [-0.2, -0.15) is 0 Å². The molecule has 0 fully saturated rings. The van der Waals surface area contributed by atoms with Crippen LogP contribution in [0.25, 0.3) is 0 Å². The highest BCUT2D eigenvalue weighted by molar-refractivity contribution is 9.09. The standard InChI is InChI=1S/C11H17BrN2O2/c1-16-11(15)10-8-14(9-13-10)7-5-3-2-4-6-12/h8-9H,2-7H2,1H3. The first-order chi connectivity index (χ1) is 7.77. The van der Waals surface area contributed by atoms with E-state index in [4.69, 9.17) is 0 Å². The molecular formula is C11H17BrN2O2. The third kappa shape index (κ3) is 4.35.